The number of phenolic OH excluding ortho intramolecular Hbond substituents is 4. The lowest BCUT2D eigenvalue weighted by Crippen LogP contribution is -2.33. The monoisotopic (exact) mass is 480 g/mol. The normalized spacial score (nSPS) is 19.4. The third-order valence-electron chi connectivity index (χ3n) is 7.89. The molecule has 0 amide bonds. The van der Waals surface area contributed by atoms with E-state index in [-0.39, 0.29) is 16.9 Å². The predicted molar refractivity (Wildman–Crippen MR) is 141 cm³/mol. The third-order valence-corrected chi connectivity index (χ3v) is 7.89. The van der Waals surface area contributed by atoms with E-state index >= 15 is 0 Å². The fourth-order valence-corrected chi connectivity index (χ4v) is 6.18. The van der Waals surface area contributed by atoms with Gasteiger partial charge in [0.1, 0.15) is 23.0 Å². The fourth-order valence-electron chi connectivity index (χ4n) is 6.18. The van der Waals surface area contributed by atoms with Gasteiger partial charge >= 0.3 is 0 Å². The first-order chi connectivity index (χ1) is 17.4. The van der Waals surface area contributed by atoms with Crippen LogP contribution in [0.2, 0.25) is 0 Å². The van der Waals surface area contributed by atoms with Gasteiger partial charge in [-0.05, 0) is 108 Å². The van der Waals surface area contributed by atoms with E-state index in [1.807, 2.05) is 24.3 Å². The fraction of sp³-hybridized carbons (Fsp3) is 0.250. The van der Waals surface area contributed by atoms with Crippen LogP contribution in [0.4, 0.5) is 0 Å². The SMILES string of the molecule is Oc1ccc(C2(c3ccc(O)cc3)CC3CCC2C3)cc1.Oc1ccc(Cc2ccc(O)cc2)cc1. The molecule has 0 saturated heterocycles. The van der Waals surface area contributed by atoms with Crippen molar-refractivity contribution in [3.8, 4) is 23.0 Å². The molecule has 2 aliphatic rings. The van der Waals surface area contributed by atoms with E-state index in [4.69, 9.17) is 10.2 Å². The van der Waals surface area contributed by atoms with Crippen molar-refractivity contribution in [1.29, 1.82) is 0 Å². The minimum absolute atomic E-state index is 0.0598. The van der Waals surface area contributed by atoms with Crippen molar-refractivity contribution in [2.24, 2.45) is 11.8 Å². The second-order valence-corrected chi connectivity index (χ2v) is 10.2. The number of phenols is 4. The Morgan fingerprint density at radius 3 is 1.25 bits per heavy atom. The predicted octanol–water partition coefficient (Wildman–Crippen LogP) is 6.89. The molecular weight excluding hydrogens is 448 g/mol. The molecule has 4 N–H and O–H groups in total. The lowest BCUT2D eigenvalue weighted by molar-refractivity contribution is 0.319. The highest BCUT2D eigenvalue weighted by Crippen LogP contribution is 2.60. The molecule has 2 bridgehead atoms. The molecule has 4 heteroatoms. The number of benzene rings is 4. The van der Waals surface area contributed by atoms with Crippen LogP contribution >= 0.6 is 0 Å². The molecule has 0 aliphatic heterocycles. The summed E-state index contributed by atoms with van der Waals surface area (Å²) in [5.74, 6) is 2.70. The molecule has 2 unspecified atom stereocenters. The first-order valence-corrected chi connectivity index (χ1v) is 12.6. The molecule has 4 nitrogen and oxygen atoms in total. The van der Waals surface area contributed by atoms with Gasteiger partial charge in [0.15, 0.2) is 0 Å². The van der Waals surface area contributed by atoms with Crippen LogP contribution in [0.15, 0.2) is 97.1 Å². The molecule has 0 heterocycles. The van der Waals surface area contributed by atoms with Gasteiger partial charge in [-0.3, -0.25) is 0 Å². The summed E-state index contributed by atoms with van der Waals surface area (Å²) < 4.78 is 0. The Bertz CT molecular complexity index is 1190. The van der Waals surface area contributed by atoms with Crippen LogP contribution in [0, 0.1) is 11.8 Å². The highest BCUT2D eigenvalue weighted by atomic mass is 16.3. The Kier molecular flexibility index (Phi) is 6.60. The maximum absolute atomic E-state index is 9.59. The van der Waals surface area contributed by atoms with Gasteiger partial charge in [-0.25, -0.2) is 0 Å². The molecule has 2 saturated carbocycles. The summed E-state index contributed by atoms with van der Waals surface area (Å²) in [5, 5.41) is 37.4. The Balaban J connectivity index is 0.000000157. The van der Waals surface area contributed by atoms with Crippen molar-refractivity contribution in [1.82, 2.24) is 0 Å². The van der Waals surface area contributed by atoms with Gasteiger partial charge in [0.25, 0.3) is 0 Å². The molecule has 4 aromatic rings. The maximum atomic E-state index is 9.59. The highest BCUT2D eigenvalue weighted by molar-refractivity contribution is 5.46. The topological polar surface area (TPSA) is 80.9 Å². The Morgan fingerprint density at radius 2 is 0.917 bits per heavy atom. The molecule has 6 rings (SSSR count). The van der Waals surface area contributed by atoms with Crippen molar-refractivity contribution in [3.63, 3.8) is 0 Å². The molecule has 2 atom stereocenters. The van der Waals surface area contributed by atoms with E-state index in [1.165, 1.54) is 36.8 Å². The number of aromatic hydroxyl groups is 4. The summed E-state index contributed by atoms with van der Waals surface area (Å²) in [4.78, 5) is 0. The summed E-state index contributed by atoms with van der Waals surface area (Å²) in [6.45, 7) is 0. The Morgan fingerprint density at radius 1 is 0.528 bits per heavy atom. The van der Waals surface area contributed by atoms with E-state index in [0.717, 1.165) is 23.5 Å². The minimum Gasteiger partial charge on any atom is -0.508 e. The lowest BCUT2D eigenvalue weighted by Gasteiger charge is -2.39. The average Bonchev–Trinajstić information content (AvgIpc) is 3.51. The number of rotatable bonds is 4. The molecule has 2 aliphatic carbocycles. The molecular formula is C32H32O4. The van der Waals surface area contributed by atoms with Gasteiger partial charge in [-0.1, -0.05) is 55.0 Å². The van der Waals surface area contributed by atoms with Crippen molar-refractivity contribution in [2.45, 2.75) is 37.5 Å². The third kappa shape index (κ3) is 4.90. The van der Waals surface area contributed by atoms with Crippen LogP contribution in [0.3, 0.4) is 0 Å². The van der Waals surface area contributed by atoms with Crippen LogP contribution < -0.4 is 0 Å². The summed E-state index contributed by atoms with van der Waals surface area (Å²) >= 11 is 0. The van der Waals surface area contributed by atoms with Crippen LogP contribution in [-0.2, 0) is 11.8 Å². The molecule has 0 aromatic heterocycles. The van der Waals surface area contributed by atoms with E-state index < -0.39 is 0 Å². The maximum Gasteiger partial charge on any atom is 0.115 e. The van der Waals surface area contributed by atoms with Crippen LogP contribution in [0.25, 0.3) is 0 Å². The van der Waals surface area contributed by atoms with Gasteiger partial charge < -0.3 is 20.4 Å². The summed E-state index contributed by atoms with van der Waals surface area (Å²) in [6.07, 6.45) is 5.94. The van der Waals surface area contributed by atoms with Crippen molar-refractivity contribution in [3.05, 3.63) is 119 Å². The van der Waals surface area contributed by atoms with Crippen LogP contribution in [0.1, 0.15) is 47.9 Å². The average molecular weight is 481 g/mol. The zero-order valence-electron chi connectivity index (χ0n) is 20.2. The molecule has 0 spiro atoms. The zero-order chi connectivity index (χ0) is 25.1. The van der Waals surface area contributed by atoms with Crippen molar-refractivity contribution in [2.75, 3.05) is 0 Å². The van der Waals surface area contributed by atoms with E-state index in [9.17, 15) is 10.2 Å². The molecule has 36 heavy (non-hydrogen) atoms. The van der Waals surface area contributed by atoms with Gasteiger partial charge in [-0.2, -0.15) is 0 Å². The smallest absolute Gasteiger partial charge is 0.115 e. The van der Waals surface area contributed by atoms with E-state index in [1.54, 1.807) is 48.5 Å². The Hall–Kier alpha value is -3.92. The van der Waals surface area contributed by atoms with Gasteiger partial charge in [0.05, 0.1) is 0 Å². The summed E-state index contributed by atoms with van der Waals surface area (Å²) in [7, 11) is 0. The minimum atomic E-state index is 0.0598. The highest BCUT2D eigenvalue weighted by Gasteiger charge is 2.52. The van der Waals surface area contributed by atoms with Crippen molar-refractivity contribution < 1.29 is 20.4 Å². The van der Waals surface area contributed by atoms with E-state index in [0.29, 0.717) is 17.4 Å². The first kappa shape index (κ1) is 23.8. The quantitative estimate of drug-likeness (QED) is 0.256. The number of fused-ring (bicyclic) bond motifs is 2. The lowest BCUT2D eigenvalue weighted by atomic mass is 9.64. The largest absolute Gasteiger partial charge is 0.508 e. The van der Waals surface area contributed by atoms with E-state index in [2.05, 4.69) is 24.3 Å². The first-order valence-electron chi connectivity index (χ1n) is 12.6. The second-order valence-electron chi connectivity index (χ2n) is 10.2. The molecule has 2 fully saturated rings. The number of hydrogen-bond donors (Lipinski definition) is 4. The molecule has 0 radical (unpaired) electrons. The van der Waals surface area contributed by atoms with Crippen LogP contribution in [-0.4, -0.2) is 20.4 Å². The van der Waals surface area contributed by atoms with Gasteiger partial charge in [-0.15, -0.1) is 0 Å². The molecule has 184 valence electrons. The second kappa shape index (κ2) is 9.98. The summed E-state index contributed by atoms with van der Waals surface area (Å²) in [5.41, 5.74) is 4.94. The molecule has 4 aromatic carbocycles. The summed E-state index contributed by atoms with van der Waals surface area (Å²) in [6, 6.07) is 29.7. The number of hydrogen-bond acceptors (Lipinski definition) is 4. The van der Waals surface area contributed by atoms with Gasteiger partial charge in [0.2, 0.25) is 0 Å². The van der Waals surface area contributed by atoms with Crippen LogP contribution in [0.5, 0.6) is 23.0 Å². The van der Waals surface area contributed by atoms with Crippen molar-refractivity contribution >= 4 is 0 Å². The zero-order valence-corrected chi connectivity index (χ0v) is 20.2. The standard InChI is InChI=1S/C19H20O2.C13H12O2/c20-17-7-3-14(4-8-17)19(12-13-1-2-16(19)11-13)15-5-9-18(21)10-6-15;14-12-5-1-10(2-6-12)9-11-3-7-13(15)8-4-11/h3-10,13,16,20-21H,1-2,11-12H2;1-8,14-15H,9H2. The van der Waals surface area contributed by atoms with Gasteiger partial charge in [0, 0.05) is 5.41 Å². The Labute approximate surface area is 212 Å².